The Kier molecular flexibility index (Phi) is 4.09. The van der Waals surface area contributed by atoms with Crippen LogP contribution in [0.1, 0.15) is 5.56 Å². The van der Waals surface area contributed by atoms with E-state index in [-0.39, 0.29) is 0 Å². The quantitative estimate of drug-likeness (QED) is 0.780. The maximum absolute atomic E-state index is 4.40. The van der Waals surface area contributed by atoms with E-state index in [4.69, 9.17) is 0 Å². The number of benzene rings is 2. The molecule has 0 fully saturated rings. The van der Waals surface area contributed by atoms with Gasteiger partial charge in [-0.1, -0.05) is 54.6 Å². The fourth-order valence-corrected chi connectivity index (χ4v) is 2.12. The summed E-state index contributed by atoms with van der Waals surface area (Å²) < 4.78 is 0. The Hall–Kier alpha value is -2.86. The minimum Gasteiger partial charge on any atom is -0.323 e. The molecule has 3 aromatic rings. The fourth-order valence-electron chi connectivity index (χ4n) is 2.12. The van der Waals surface area contributed by atoms with Gasteiger partial charge >= 0.3 is 0 Å². The second-order valence-electron chi connectivity index (χ2n) is 4.68. The van der Waals surface area contributed by atoms with Crippen molar-refractivity contribution < 1.29 is 0 Å². The molecule has 102 valence electrons. The second kappa shape index (κ2) is 6.53. The van der Waals surface area contributed by atoms with E-state index in [0.29, 0.717) is 5.49 Å². The van der Waals surface area contributed by atoms with Crippen LogP contribution in [-0.2, 0) is 6.42 Å². The Balaban J connectivity index is 1.65. The van der Waals surface area contributed by atoms with Gasteiger partial charge in [0, 0.05) is 12.7 Å². The van der Waals surface area contributed by atoms with Gasteiger partial charge in [0.05, 0.1) is 0 Å². The van der Waals surface area contributed by atoms with Crippen LogP contribution in [0, 0.1) is 12.3 Å². The minimum atomic E-state index is 0.686. The van der Waals surface area contributed by atoms with Gasteiger partial charge < -0.3 is 4.98 Å². The molecular formula is C18H15N3. The number of hydrogen-bond acceptors (Lipinski definition) is 2. The molecule has 3 heteroatoms. The predicted octanol–water partition coefficient (Wildman–Crippen LogP) is 2.82. The van der Waals surface area contributed by atoms with E-state index in [1.807, 2.05) is 6.07 Å². The van der Waals surface area contributed by atoms with Crippen molar-refractivity contribution in [2.75, 3.05) is 6.54 Å². The molecule has 0 bridgehead atoms. The first-order valence-electron chi connectivity index (χ1n) is 6.90. The van der Waals surface area contributed by atoms with Crippen molar-refractivity contribution in [3.8, 4) is 11.1 Å². The molecule has 0 radical (unpaired) electrons. The van der Waals surface area contributed by atoms with Gasteiger partial charge in [-0.3, -0.25) is 4.99 Å². The summed E-state index contributed by atoms with van der Waals surface area (Å²) >= 11 is 0. The number of nitrogens with one attached hydrogen (secondary N) is 1. The molecule has 1 aromatic heterocycles. The highest BCUT2D eigenvalue weighted by Crippen LogP contribution is 2.19. The summed E-state index contributed by atoms with van der Waals surface area (Å²) in [5, 5.41) is 0. The van der Waals surface area contributed by atoms with Crippen molar-refractivity contribution >= 4 is 0 Å². The first-order chi connectivity index (χ1) is 10.4. The lowest BCUT2D eigenvalue weighted by molar-refractivity contribution is 0.905. The molecule has 0 amide bonds. The van der Waals surface area contributed by atoms with E-state index in [2.05, 4.69) is 75.8 Å². The van der Waals surface area contributed by atoms with E-state index >= 15 is 0 Å². The standard InChI is InChI=1S/C18H15N3/c1-2-4-16(5-3-1)17-8-6-15(7-9-17)10-13-20-18-11-12-19-14-21-18/h1-9,14H,10,13H2,(H,19,20,21). The highest BCUT2D eigenvalue weighted by Gasteiger charge is 1.97. The van der Waals surface area contributed by atoms with E-state index in [1.165, 1.54) is 16.7 Å². The molecule has 1 heterocycles. The van der Waals surface area contributed by atoms with Gasteiger partial charge in [-0.25, -0.2) is 0 Å². The SMILES string of the molecule is c1nc[nH]c(=NCCc2ccc(-c3ccccc3)cc2)c#1. The highest BCUT2D eigenvalue weighted by molar-refractivity contribution is 5.63. The lowest BCUT2D eigenvalue weighted by Gasteiger charge is -2.03. The van der Waals surface area contributed by atoms with Crippen molar-refractivity contribution in [3.05, 3.63) is 84.2 Å². The largest absolute Gasteiger partial charge is 0.323 e. The van der Waals surface area contributed by atoms with Crippen LogP contribution in [0.4, 0.5) is 0 Å². The number of hydrogen-bond donors (Lipinski definition) is 1. The van der Waals surface area contributed by atoms with Crippen LogP contribution in [0.2, 0.25) is 0 Å². The highest BCUT2D eigenvalue weighted by atomic mass is 14.9. The molecule has 0 spiro atoms. The Bertz CT molecular complexity index is 726. The average molecular weight is 273 g/mol. The number of nitrogens with zero attached hydrogens (tertiary/aromatic N) is 2. The summed E-state index contributed by atoms with van der Waals surface area (Å²) in [6.45, 7) is 0.718. The van der Waals surface area contributed by atoms with E-state index in [0.717, 1.165) is 13.0 Å². The summed E-state index contributed by atoms with van der Waals surface area (Å²) in [7, 11) is 0. The summed E-state index contributed by atoms with van der Waals surface area (Å²) in [4.78, 5) is 11.1. The lowest BCUT2D eigenvalue weighted by atomic mass is 10.0. The topological polar surface area (TPSA) is 41.0 Å². The van der Waals surface area contributed by atoms with Gasteiger partial charge in [-0.05, 0) is 29.2 Å². The van der Waals surface area contributed by atoms with Crippen molar-refractivity contribution in [2.24, 2.45) is 4.99 Å². The summed E-state index contributed by atoms with van der Waals surface area (Å²) in [5.41, 5.74) is 4.44. The number of rotatable bonds is 4. The Labute approximate surface area is 124 Å². The van der Waals surface area contributed by atoms with Crippen molar-refractivity contribution in [3.63, 3.8) is 0 Å². The van der Waals surface area contributed by atoms with Gasteiger partial charge in [-0.15, -0.1) is 0 Å². The first-order valence-corrected chi connectivity index (χ1v) is 6.90. The minimum absolute atomic E-state index is 0.686. The first kappa shape index (κ1) is 13.1. The monoisotopic (exact) mass is 273 g/mol. The molecule has 1 N–H and O–H groups in total. The molecule has 0 saturated carbocycles. The van der Waals surface area contributed by atoms with Gasteiger partial charge in [0.1, 0.15) is 6.33 Å². The van der Waals surface area contributed by atoms with E-state index < -0.39 is 0 Å². The van der Waals surface area contributed by atoms with Gasteiger partial charge in [0.25, 0.3) is 0 Å². The molecule has 21 heavy (non-hydrogen) atoms. The van der Waals surface area contributed by atoms with Crippen LogP contribution in [0.15, 0.2) is 65.9 Å². The molecule has 0 saturated heterocycles. The third-order valence-corrected chi connectivity index (χ3v) is 3.24. The number of H-pyrrole nitrogens is 1. The Morgan fingerprint density at radius 1 is 0.952 bits per heavy atom. The zero-order chi connectivity index (χ0) is 14.3. The maximum atomic E-state index is 4.40. The van der Waals surface area contributed by atoms with Crippen LogP contribution >= 0.6 is 0 Å². The van der Waals surface area contributed by atoms with Crippen LogP contribution in [-0.4, -0.2) is 16.5 Å². The molecule has 3 rings (SSSR count). The molecular weight excluding hydrogens is 258 g/mol. The molecule has 0 aliphatic heterocycles. The normalized spacial score (nSPS) is 11.1. The summed E-state index contributed by atoms with van der Waals surface area (Å²) in [5.74, 6) is 0. The molecule has 0 aliphatic rings. The third kappa shape index (κ3) is 3.58. The Morgan fingerprint density at radius 2 is 1.71 bits per heavy atom. The van der Waals surface area contributed by atoms with Gasteiger partial charge in [0.2, 0.25) is 0 Å². The molecule has 3 nitrogen and oxygen atoms in total. The van der Waals surface area contributed by atoms with Crippen LogP contribution < -0.4 is 5.49 Å². The van der Waals surface area contributed by atoms with Gasteiger partial charge in [0.15, 0.2) is 5.49 Å². The number of aromatic nitrogens is 2. The smallest absolute Gasteiger partial charge is 0.180 e. The molecule has 0 atom stereocenters. The van der Waals surface area contributed by atoms with Crippen LogP contribution in [0.3, 0.4) is 0 Å². The summed E-state index contributed by atoms with van der Waals surface area (Å²) in [6, 6.07) is 21.8. The summed E-state index contributed by atoms with van der Waals surface area (Å²) in [6.07, 6.45) is 5.10. The maximum Gasteiger partial charge on any atom is 0.180 e. The average Bonchev–Trinajstić information content (AvgIpc) is 2.57. The molecule has 2 aromatic carbocycles. The zero-order valence-corrected chi connectivity index (χ0v) is 11.6. The third-order valence-electron chi connectivity index (χ3n) is 3.24. The van der Waals surface area contributed by atoms with E-state index in [9.17, 15) is 0 Å². The number of aromatic amines is 1. The Morgan fingerprint density at radius 3 is 2.43 bits per heavy atom. The fraction of sp³-hybridized carbons (Fsp3) is 0.111. The zero-order valence-electron chi connectivity index (χ0n) is 11.6. The second-order valence-corrected chi connectivity index (χ2v) is 4.68. The molecule has 0 aliphatic carbocycles. The van der Waals surface area contributed by atoms with Gasteiger partial charge in [-0.2, -0.15) is 4.98 Å². The van der Waals surface area contributed by atoms with Crippen molar-refractivity contribution in [1.29, 1.82) is 0 Å². The van der Waals surface area contributed by atoms with Crippen LogP contribution in [0.25, 0.3) is 11.1 Å². The van der Waals surface area contributed by atoms with Crippen molar-refractivity contribution in [1.82, 2.24) is 9.97 Å². The lowest BCUT2D eigenvalue weighted by Crippen LogP contribution is -2.06. The van der Waals surface area contributed by atoms with Crippen molar-refractivity contribution in [2.45, 2.75) is 6.42 Å². The predicted molar refractivity (Wildman–Crippen MR) is 82.3 cm³/mol. The van der Waals surface area contributed by atoms with Crippen LogP contribution in [0.5, 0.6) is 0 Å². The van der Waals surface area contributed by atoms with E-state index in [1.54, 1.807) is 6.33 Å². The molecule has 0 unspecified atom stereocenters.